The third-order valence-corrected chi connectivity index (χ3v) is 2.47. The van der Waals surface area contributed by atoms with Crippen molar-refractivity contribution in [3.8, 4) is 6.07 Å². The molecule has 1 fully saturated rings. The zero-order valence-electron chi connectivity index (χ0n) is 8.67. The first-order valence-electron chi connectivity index (χ1n) is 4.90. The maximum atomic E-state index is 11.7. The molecule has 14 heavy (non-hydrogen) atoms. The predicted octanol–water partition coefficient (Wildman–Crippen LogP) is 0.974. The molecule has 0 aromatic heterocycles. The molecule has 1 heterocycles. The quantitative estimate of drug-likeness (QED) is 0.731. The molecule has 4 nitrogen and oxygen atoms in total. The summed E-state index contributed by atoms with van der Waals surface area (Å²) >= 11 is 0. The number of ether oxygens (including phenoxy) is 1. The minimum atomic E-state index is -0.677. The summed E-state index contributed by atoms with van der Waals surface area (Å²) in [5, 5.41) is 11.2. The van der Waals surface area contributed by atoms with E-state index in [-0.39, 0.29) is 11.9 Å². The van der Waals surface area contributed by atoms with E-state index in [0.29, 0.717) is 13.0 Å². The van der Waals surface area contributed by atoms with Gasteiger partial charge in [0.15, 0.2) is 0 Å². The minimum absolute atomic E-state index is 0.0993. The van der Waals surface area contributed by atoms with Crippen molar-refractivity contribution < 1.29 is 9.53 Å². The minimum Gasteiger partial charge on any atom is -0.365 e. The largest absolute Gasteiger partial charge is 0.365 e. The van der Waals surface area contributed by atoms with Crippen LogP contribution in [0.5, 0.6) is 0 Å². The van der Waals surface area contributed by atoms with Crippen LogP contribution in [0.15, 0.2) is 0 Å². The Kier molecular flexibility index (Phi) is 3.48. The first kappa shape index (κ1) is 11.0. The molecule has 0 aromatic rings. The summed E-state index contributed by atoms with van der Waals surface area (Å²) in [6.45, 7) is 4.27. The number of hydrogen-bond acceptors (Lipinski definition) is 3. The molecule has 0 radical (unpaired) electrons. The van der Waals surface area contributed by atoms with Gasteiger partial charge in [-0.25, -0.2) is 0 Å². The van der Waals surface area contributed by atoms with Gasteiger partial charge in [-0.05, 0) is 26.7 Å². The Morgan fingerprint density at radius 3 is 3.00 bits per heavy atom. The van der Waals surface area contributed by atoms with Crippen LogP contribution in [-0.4, -0.2) is 24.2 Å². The molecule has 1 aliphatic rings. The fraction of sp³-hybridized carbons (Fsp3) is 0.800. The van der Waals surface area contributed by atoms with E-state index in [0.717, 1.165) is 12.8 Å². The molecule has 0 saturated carbocycles. The standard InChI is InChI=1S/C10H16N2O2/c1-8(4-6-11)12-9(13)10(2)5-3-7-14-10/h8H,3-5,7H2,1-2H3,(H,12,13). The highest BCUT2D eigenvalue weighted by Crippen LogP contribution is 2.25. The second-order valence-electron chi connectivity index (χ2n) is 3.92. The van der Waals surface area contributed by atoms with Gasteiger partial charge in [0.25, 0.3) is 5.91 Å². The van der Waals surface area contributed by atoms with E-state index in [4.69, 9.17) is 10.00 Å². The summed E-state index contributed by atoms with van der Waals surface area (Å²) in [5.41, 5.74) is -0.677. The molecule has 1 saturated heterocycles. The molecule has 0 aliphatic carbocycles. The lowest BCUT2D eigenvalue weighted by Crippen LogP contribution is -2.47. The zero-order chi connectivity index (χ0) is 10.6. The Labute approximate surface area is 84.2 Å². The Balaban J connectivity index is 2.45. The van der Waals surface area contributed by atoms with Crippen molar-refractivity contribution in [3.05, 3.63) is 0 Å². The molecule has 1 rings (SSSR count). The number of nitrogens with one attached hydrogen (secondary N) is 1. The SMILES string of the molecule is CC(CC#N)NC(=O)C1(C)CCCO1. The van der Waals surface area contributed by atoms with Crippen molar-refractivity contribution in [1.29, 1.82) is 5.26 Å². The number of nitrogens with zero attached hydrogens (tertiary/aromatic N) is 1. The lowest BCUT2D eigenvalue weighted by molar-refractivity contribution is -0.140. The lowest BCUT2D eigenvalue weighted by atomic mass is 10.0. The Bertz CT molecular complexity index is 251. The number of carbonyl (C=O) groups is 1. The third kappa shape index (κ3) is 2.46. The number of amides is 1. The Hall–Kier alpha value is -1.08. The third-order valence-electron chi connectivity index (χ3n) is 2.47. The molecule has 2 unspecified atom stereocenters. The van der Waals surface area contributed by atoms with Crippen LogP contribution in [0.2, 0.25) is 0 Å². The number of carbonyl (C=O) groups excluding carboxylic acids is 1. The van der Waals surface area contributed by atoms with Gasteiger partial charge < -0.3 is 10.1 Å². The van der Waals surface area contributed by atoms with Crippen molar-refractivity contribution in [2.75, 3.05) is 6.61 Å². The van der Waals surface area contributed by atoms with Gasteiger partial charge in [0.1, 0.15) is 5.60 Å². The molecule has 1 amide bonds. The van der Waals surface area contributed by atoms with Gasteiger partial charge in [0.05, 0.1) is 12.5 Å². The predicted molar refractivity (Wildman–Crippen MR) is 51.4 cm³/mol. The normalized spacial score (nSPS) is 28.1. The van der Waals surface area contributed by atoms with E-state index in [1.54, 1.807) is 6.92 Å². The van der Waals surface area contributed by atoms with Gasteiger partial charge in [-0.2, -0.15) is 5.26 Å². The summed E-state index contributed by atoms with van der Waals surface area (Å²) in [4.78, 5) is 11.7. The molecule has 4 heteroatoms. The van der Waals surface area contributed by atoms with Gasteiger partial charge in [0.2, 0.25) is 0 Å². The molecule has 1 N–H and O–H groups in total. The Morgan fingerprint density at radius 2 is 2.50 bits per heavy atom. The van der Waals surface area contributed by atoms with Crippen LogP contribution >= 0.6 is 0 Å². The van der Waals surface area contributed by atoms with Crippen molar-refractivity contribution in [2.45, 2.75) is 44.8 Å². The summed E-state index contributed by atoms with van der Waals surface area (Å²) in [7, 11) is 0. The van der Waals surface area contributed by atoms with Gasteiger partial charge in [0, 0.05) is 12.6 Å². The fourth-order valence-corrected chi connectivity index (χ4v) is 1.52. The number of nitriles is 1. The number of rotatable bonds is 3. The molecular weight excluding hydrogens is 180 g/mol. The molecular formula is C10H16N2O2. The maximum Gasteiger partial charge on any atom is 0.252 e. The molecule has 0 spiro atoms. The fourth-order valence-electron chi connectivity index (χ4n) is 1.52. The van der Waals surface area contributed by atoms with Crippen LogP contribution in [0.3, 0.4) is 0 Å². The first-order valence-corrected chi connectivity index (χ1v) is 4.90. The average Bonchev–Trinajstić information content (AvgIpc) is 2.54. The van der Waals surface area contributed by atoms with Crippen LogP contribution in [0, 0.1) is 11.3 Å². The second kappa shape index (κ2) is 4.43. The smallest absolute Gasteiger partial charge is 0.252 e. The van der Waals surface area contributed by atoms with Crippen LogP contribution < -0.4 is 5.32 Å². The van der Waals surface area contributed by atoms with Gasteiger partial charge in [-0.15, -0.1) is 0 Å². The van der Waals surface area contributed by atoms with E-state index < -0.39 is 5.60 Å². The molecule has 1 aliphatic heterocycles. The highest BCUT2D eigenvalue weighted by molar-refractivity contribution is 5.85. The van der Waals surface area contributed by atoms with Crippen LogP contribution in [0.4, 0.5) is 0 Å². The summed E-state index contributed by atoms with van der Waals surface area (Å²) in [6.07, 6.45) is 2.02. The van der Waals surface area contributed by atoms with Crippen molar-refractivity contribution in [2.24, 2.45) is 0 Å². The van der Waals surface area contributed by atoms with E-state index >= 15 is 0 Å². The zero-order valence-corrected chi connectivity index (χ0v) is 8.67. The highest BCUT2D eigenvalue weighted by atomic mass is 16.5. The second-order valence-corrected chi connectivity index (χ2v) is 3.92. The maximum absolute atomic E-state index is 11.7. The average molecular weight is 196 g/mol. The number of hydrogen-bond donors (Lipinski definition) is 1. The molecule has 0 aromatic carbocycles. The van der Waals surface area contributed by atoms with E-state index in [9.17, 15) is 4.79 Å². The van der Waals surface area contributed by atoms with Crippen molar-refractivity contribution in [1.82, 2.24) is 5.32 Å². The molecule has 0 bridgehead atoms. The van der Waals surface area contributed by atoms with Crippen LogP contribution in [0.25, 0.3) is 0 Å². The van der Waals surface area contributed by atoms with Crippen LogP contribution in [0.1, 0.15) is 33.1 Å². The van der Waals surface area contributed by atoms with Crippen molar-refractivity contribution >= 4 is 5.91 Å². The topological polar surface area (TPSA) is 62.1 Å². The molecule has 78 valence electrons. The van der Waals surface area contributed by atoms with Crippen molar-refractivity contribution in [3.63, 3.8) is 0 Å². The highest BCUT2D eigenvalue weighted by Gasteiger charge is 2.37. The summed E-state index contributed by atoms with van der Waals surface area (Å²) in [5.74, 6) is -0.0993. The van der Waals surface area contributed by atoms with Gasteiger partial charge in [-0.3, -0.25) is 4.79 Å². The van der Waals surface area contributed by atoms with Gasteiger partial charge in [-0.1, -0.05) is 0 Å². The van der Waals surface area contributed by atoms with Crippen LogP contribution in [-0.2, 0) is 9.53 Å². The van der Waals surface area contributed by atoms with Gasteiger partial charge >= 0.3 is 0 Å². The monoisotopic (exact) mass is 196 g/mol. The molecule has 2 atom stereocenters. The van der Waals surface area contributed by atoms with E-state index in [2.05, 4.69) is 5.32 Å². The van der Waals surface area contributed by atoms with E-state index in [1.165, 1.54) is 0 Å². The summed E-state index contributed by atoms with van der Waals surface area (Å²) in [6, 6.07) is 1.92. The van der Waals surface area contributed by atoms with E-state index in [1.807, 2.05) is 13.0 Å². The summed E-state index contributed by atoms with van der Waals surface area (Å²) < 4.78 is 5.39. The Morgan fingerprint density at radius 1 is 1.79 bits per heavy atom. The first-order chi connectivity index (χ1) is 6.58. The lowest BCUT2D eigenvalue weighted by Gasteiger charge is -2.23.